The number of rotatable bonds is 5. The summed E-state index contributed by atoms with van der Waals surface area (Å²) in [4.78, 5) is 0. The van der Waals surface area contributed by atoms with Gasteiger partial charge >= 0.3 is 6.18 Å². The van der Waals surface area contributed by atoms with Gasteiger partial charge in [0.25, 0.3) is 0 Å². The monoisotopic (exact) mass is 346 g/mol. The molecular weight excluding hydrogens is 330 g/mol. The number of hydrogen-bond acceptors (Lipinski definition) is 0. The Balaban J connectivity index is 2.36. The molecule has 0 fully saturated rings. The van der Waals surface area contributed by atoms with Crippen LogP contribution in [0, 0.1) is 17.5 Å². The second-order valence-electron chi connectivity index (χ2n) is 5.55. The molecule has 0 saturated carbocycles. The highest BCUT2D eigenvalue weighted by atomic mass is 19.4. The summed E-state index contributed by atoms with van der Waals surface area (Å²) in [5.41, 5.74) is -1.64. The van der Waals surface area contributed by atoms with E-state index in [9.17, 15) is 26.3 Å². The lowest BCUT2D eigenvalue weighted by atomic mass is 9.98. The first-order valence-electron chi connectivity index (χ1n) is 7.59. The highest BCUT2D eigenvalue weighted by molar-refractivity contribution is 5.65. The lowest BCUT2D eigenvalue weighted by Crippen LogP contribution is -2.08. The SMILES string of the molecule is CCCCCc1ccc(-c2ccc(C(F)(F)F)c(F)c2)c(F)c1F. The first-order chi connectivity index (χ1) is 11.3. The molecule has 0 nitrogen and oxygen atoms in total. The van der Waals surface area contributed by atoms with E-state index in [1.54, 1.807) is 0 Å². The van der Waals surface area contributed by atoms with Crippen molar-refractivity contribution in [2.75, 3.05) is 0 Å². The zero-order valence-corrected chi connectivity index (χ0v) is 13.0. The van der Waals surface area contributed by atoms with Gasteiger partial charge in [0.15, 0.2) is 11.6 Å². The molecule has 0 bridgehead atoms. The van der Waals surface area contributed by atoms with Gasteiger partial charge in [-0.2, -0.15) is 13.2 Å². The molecule has 0 aliphatic heterocycles. The van der Waals surface area contributed by atoms with Crippen LogP contribution in [0.4, 0.5) is 26.3 Å². The number of aryl methyl sites for hydroxylation is 1. The van der Waals surface area contributed by atoms with Crippen molar-refractivity contribution < 1.29 is 26.3 Å². The molecule has 0 spiro atoms. The van der Waals surface area contributed by atoms with Gasteiger partial charge in [-0.3, -0.25) is 0 Å². The van der Waals surface area contributed by atoms with Crippen LogP contribution in [0.1, 0.15) is 37.3 Å². The number of unbranched alkanes of at least 4 members (excludes halogenated alkanes) is 2. The van der Waals surface area contributed by atoms with Gasteiger partial charge in [0, 0.05) is 5.56 Å². The van der Waals surface area contributed by atoms with Gasteiger partial charge in [0.1, 0.15) is 5.82 Å². The van der Waals surface area contributed by atoms with E-state index >= 15 is 0 Å². The Hall–Kier alpha value is -1.98. The van der Waals surface area contributed by atoms with Crippen LogP contribution in [-0.2, 0) is 12.6 Å². The minimum atomic E-state index is -4.84. The second kappa shape index (κ2) is 7.28. The summed E-state index contributed by atoms with van der Waals surface area (Å²) in [6, 6.07) is 4.68. The van der Waals surface area contributed by atoms with Crippen molar-refractivity contribution in [1.29, 1.82) is 0 Å². The predicted octanol–water partition coefficient (Wildman–Crippen LogP) is 6.52. The van der Waals surface area contributed by atoms with Gasteiger partial charge < -0.3 is 0 Å². The van der Waals surface area contributed by atoms with E-state index in [0.29, 0.717) is 25.0 Å². The molecule has 0 radical (unpaired) electrons. The van der Waals surface area contributed by atoms with Crippen LogP contribution in [0.25, 0.3) is 11.1 Å². The van der Waals surface area contributed by atoms with Crippen LogP contribution in [-0.4, -0.2) is 0 Å². The maximum absolute atomic E-state index is 14.2. The van der Waals surface area contributed by atoms with Crippen molar-refractivity contribution in [3.05, 3.63) is 58.9 Å². The molecule has 0 unspecified atom stereocenters. The van der Waals surface area contributed by atoms with Crippen molar-refractivity contribution in [2.45, 2.75) is 38.8 Å². The fourth-order valence-electron chi connectivity index (χ4n) is 2.48. The summed E-state index contributed by atoms with van der Waals surface area (Å²) in [6.07, 6.45) is -1.94. The van der Waals surface area contributed by atoms with Gasteiger partial charge in [-0.15, -0.1) is 0 Å². The van der Waals surface area contributed by atoms with E-state index in [2.05, 4.69) is 0 Å². The molecule has 2 rings (SSSR count). The molecule has 6 heteroatoms. The van der Waals surface area contributed by atoms with E-state index in [0.717, 1.165) is 18.9 Å². The normalized spacial score (nSPS) is 11.8. The molecule has 0 aliphatic rings. The largest absolute Gasteiger partial charge is 0.419 e. The average molecular weight is 346 g/mol. The first kappa shape index (κ1) is 18.4. The van der Waals surface area contributed by atoms with E-state index in [-0.39, 0.29) is 16.7 Å². The van der Waals surface area contributed by atoms with Crippen LogP contribution in [0.3, 0.4) is 0 Å². The molecule has 2 aromatic rings. The topological polar surface area (TPSA) is 0 Å². The number of hydrogen-bond donors (Lipinski definition) is 0. The van der Waals surface area contributed by atoms with Crippen LogP contribution < -0.4 is 0 Å². The van der Waals surface area contributed by atoms with Crippen molar-refractivity contribution in [3.8, 4) is 11.1 Å². The molecule has 0 amide bonds. The van der Waals surface area contributed by atoms with Crippen molar-refractivity contribution in [1.82, 2.24) is 0 Å². The number of halogens is 6. The van der Waals surface area contributed by atoms with Crippen LogP contribution in [0.5, 0.6) is 0 Å². The summed E-state index contributed by atoms with van der Waals surface area (Å²) in [6.45, 7) is 1.99. The standard InChI is InChI=1S/C18H16F6/c1-2-3-4-5-11-6-8-13(17(21)16(11)20)12-7-9-14(15(19)10-12)18(22,23)24/h6-10H,2-5H2,1H3. The van der Waals surface area contributed by atoms with E-state index in [1.807, 2.05) is 6.92 Å². The summed E-state index contributed by atoms with van der Waals surface area (Å²) in [7, 11) is 0. The molecule has 130 valence electrons. The minimum Gasteiger partial charge on any atom is -0.206 e. The fraction of sp³-hybridized carbons (Fsp3) is 0.333. The van der Waals surface area contributed by atoms with Crippen LogP contribution in [0.15, 0.2) is 30.3 Å². The minimum absolute atomic E-state index is 0.142. The molecule has 0 heterocycles. The maximum Gasteiger partial charge on any atom is 0.419 e. The Labute approximate surface area is 136 Å². The van der Waals surface area contributed by atoms with Crippen molar-refractivity contribution >= 4 is 0 Å². The Bertz CT molecular complexity index is 718. The molecule has 0 N–H and O–H groups in total. The Morgan fingerprint density at radius 1 is 0.875 bits per heavy atom. The van der Waals surface area contributed by atoms with E-state index in [1.165, 1.54) is 12.1 Å². The van der Waals surface area contributed by atoms with Gasteiger partial charge in [0.2, 0.25) is 0 Å². The van der Waals surface area contributed by atoms with Gasteiger partial charge in [-0.05, 0) is 36.1 Å². The Morgan fingerprint density at radius 2 is 1.58 bits per heavy atom. The zero-order valence-electron chi connectivity index (χ0n) is 13.0. The third-order valence-electron chi connectivity index (χ3n) is 3.80. The fourth-order valence-corrected chi connectivity index (χ4v) is 2.48. The highest BCUT2D eigenvalue weighted by Gasteiger charge is 2.34. The number of alkyl halides is 3. The molecule has 24 heavy (non-hydrogen) atoms. The Morgan fingerprint density at radius 3 is 2.17 bits per heavy atom. The smallest absolute Gasteiger partial charge is 0.206 e. The first-order valence-corrected chi connectivity index (χ1v) is 7.59. The molecular formula is C18H16F6. The maximum atomic E-state index is 14.2. The van der Waals surface area contributed by atoms with Gasteiger partial charge in [0.05, 0.1) is 5.56 Å². The molecule has 0 saturated heterocycles. The number of benzene rings is 2. The van der Waals surface area contributed by atoms with Gasteiger partial charge in [-0.1, -0.05) is 38.0 Å². The summed E-state index contributed by atoms with van der Waals surface area (Å²) >= 11 is 0. The molecule has 0 atom stereocenters. The summed E-state index contributed by atoms with van der Waals surface area (Å²) < 4.78 is 79.6. The summed E-state index contributed by atoms with van der Waals surface area (Å²) in [5, 5.41) is 0. The third kappa shape index (κ3) is 3.91. The van der Waals surface area contributed by atoms with Crippen molar-refractivity contribution in [3.63, 3.8) is 0 Å². The molecule has 2 aromatic carbocycles. The lowest BCUT2D eigenvalue weighted by molar-refractivity contribution is -0.139. The summed E-state index contributed by atoms with van der Waals surface area (Å²) in [5.74, 6) is -3.74. The highest BCUT2D eigenvalue weighted by Crippen LogP contribution is 2.34. The predicted molar refractivity (Wildman–Crippen MR) is 80.0 cm³/mol. The third-order valence-corrected chi connectivity index (χ3v) is 3.80. The van der Waals surface area contributed by atoms with Crippen molar-refractivity contribution in [2.24, 2.45) is 0 Å². The Kier molecular flexibility index (Phi) is 5.57. The van der Waals surface area contributed by atoms with E-state index < -0.39 is 29.2 Å². The molecule has 0 aromatic heterocycles. The van der Waals surface area contributed by atoms with Gasteiger partial charge in [-0.25, -0.2) is 13.2 Å². The van der Waals surface area contributed by atoms with Crippen LogP contribution in [0.2, 0.25) is 0 Å². The average Bonchev–Trinajstić information content (AvgIpc) is 2.50. The van der Waals surface area contributed by atoms with E-state index in [4.69, 9.17) is 0 Å². The zero-order chi connectivity index (χ0) is 17.9. The molecule has 0 aliphatic carbocycles. The lowest BCUT2D eigenvalue weighted by Gasteiger charge is -2.11. The quantitative estimate of drug-likeness (QED) is 0.427. The second-order valence-corrected chi connectivity index (χ2v) is 5.55. The van der Waals surface area contributed by atoms with Crippen LogP contribution >= 0.6 is 0 Å².